The van der Waals surface area contributed by atoms with Crippen molar-refractivity contribution < 1.29 is 14.3 Å². The van der Waals surface area contributed by atoms with Crippen LogP contribution in [-0.2, 0) is 9.53 Å². The van der Waals surface area contributed by atoms with Crippen LogP contribution in [0.1, 0.15) is 22.8 Å². The maximum Gasteiger partial charge on any atom is 0.379 e. The van der Waals surface area contributed by atoms with E-state index in [1.165, 1.54) is 0 Å². The van der Waals surface area contributed by atoms with Gasteiger partial charge >= 0.3 is 5.97 Å². The molecule has 0 aliphatic heterocycles. The summed E-state index contributed by atoms with van der Waals surface area (Å²) in [4.78, 5) is 23.7. The number of aryl methyl sites for hydroxylation is 1. The van der Waals surface area contributed by atoms with Crippen LogP contribution in [0.25, 0.3) is 10.8 Å². The number of Topliss-reactive ketones (excluding diaryl/α,β-unsaturated/α-hetero) is 1. The van der Waals surface area contributed by atoms with Crippen LogP contribution in [0, 0.1) is 6.92 Å². The smallest absolute Gasteiger partial charge is 0.379 e. The number of esters is 1. The molecular formula is C15H14O3. The van der Waals surface area contributed by atoms with Gasteiger partial charge in [-0.1, -0.05) is 36.4 Å². The number of fused-ring (bicyclic) bond motifs is 1. The van der Waals surface area contributed by atoms with E-state index in [2.05, 4.69) is 0 Å². The first-order valence-corrected chi connectivity index (χ1v) is 5.85. The predicted octanol–water partition coefficient (Wildman–Crippen LogP) is 2.89. The number of hydrogen-bond acceptors (Lipinski definition) is 3. The molecule has 0 radical (unpaired) electrons. The Balaban J connectivity index is 2.59. The number of benzene rings is 2. The van der Waals surface area contributed by atoms with E-state index in [4.69, 9.17) is 4.74 Å². The summed E-state index contributed by atoms with van der Waals surface area (Å²) in [7, 11) is 0. The van der Waals surface area contributed by atoms with Gasteiger partial charge in [-0.3, -0.25) is 4.79 Å². The van der Waals surface area contributed by atoms with Crippen molar-refractivity contribution in [3.05, 3.63) is 47.5 Å². The molecule has 2 rings (SSSR count). The first-order chi connectivity index (χ1) is 8.65. The second kappa shape index (κ2) is 5.00. The molecule has 0 fully saturated rings. The van der Waals surface area contributed by atoms with Crippen LogP contribution in [0.4, 0.5) is 0 Å². The van der Waals surface area contributed by atoms with E-state index in [0.29, 0.717) is 5.56 Å². The fraction of sp³-hybridized carbons (Fsp3) is 0.200. The van der Waals surface area contributed by atoms with Gasteiger partial charge in [-0.15, -0.1) is 0 Å². The van der Waals surface area contributed by atoms with Gasteiger partial charge < -0.3 is 4.74 Å². The van der Waals surface area contributed by atoms with Crippen molar-refractivity contribution >= 4 is 22.5 Å². The van der Waals surface area contributed by atoms with Crippen molar-refractivity contribution in [1.29, 1.82) is 0 Å². The van der Waals surface area contributed by atoms with Gasteiger partial charge in [-0.25, -0.2) is 4.79 Å². The van der Waals surface area contributed by atoms with E-state index >= 15 is 0 Å². The third-order valence-electron chi connectivity index (χ3n) is 2.83. The van der Waals surface area contributed by atoms with Crippen molar-refractivity contribution in [2.45, 2.75) is 13.8 Å². The summed E-state index contributed by atoms with van der Waals surface area (Å²) in [6, 6.07) is 11.3. The third kappa shape index (κ3) is 2.12. The van der Waals surface area contributed by atoms with Crippen LogP contribution in [0.3, 0.4) is 0 Å². The number of ether oxygens (including phenoxy) is 1. The van der Waals surface area contributed by atoms with E-state index < -0.39 is 11.8 Å². The van der Waals surface area contributed by atoms with E-state index in [9.17, 15) is 9.59 Å². The van der Waals surface area contributed by atoms with Crippen molar-refractivity contribution in [3.8, 4) is 0 Å². The largest absolute Gasteiger partial charge is 0.460 e. The summed E-state index contributed by atoms with van der Waals surface area (Å²) in [5, 5.41) is 1.73. The predicted molar refractivity (Wildman–Crippen MR) is 69.6 cm³/mol. The van der Waals surface area contributed by atoms with Gasteiger partial charge in [-0.05, 0) is 30.2 Å². The lowest BCUT2D eigenvalue weighted by molar-refractivity contribution is -0.137. The van der Waals surface area contributed by atoms with Crippen LogP contribution in [0.15, 0.2) is 36.4 Å². The Hall–Kier alpha value is -2.16. The number of carbonyl (C=O) groups excluding carboxylic acids is 2. The molecule has 0 aromatic heterocycles. The molecule has 0 unspecified atom stereocenters. The molecule has 2 aromatic rings. The van der Waals surface area contributed by atoms with Crippen LogP contribution in [-0.4, -0.2) is 18.4 Å². The number of ketones is 1. The van der Waals surface area contributed by atoms with E-state index in [0.717, 1.165) is 16.3 Å². The summed E-state index contributed by atoms with van der Waals surface area (Å²) in [5.41, 5.74) is 1.22. The zero-order chi connectivity index (χ0) is 13.1. The highest BCUT2D eigenvalue weighted by molar-refractivity contribution is 6.43. The van der Waals surface area contributed by atoms with Gasteiger partial charge in [0.25, 0.3) is 5.78 Å². The molecule has 0 N–H and O–H groups in total. The summed E-state index contributed by atoms with van der Waals surface area (Å²) in [5.74, 6) is -1.37. The highest BCUT2D eigenvalue weighted by atomic mass is 16.5. The minimum Gasteiger partial charge on any atom is -0.460 e. The molecule has 2 aromatic carbocycles. The third-order valence-corrected chi connectivity index (χ3v) is 2.83. The maximum absolute atomic E-state index is 12.1. The minimum absolute atomic E-state index is 0.203. The fourth-order valence-electron chi connectivity index (χ4n) is 1.98. The van der Waals surface area contributed by atoms with E-state index in [1.54, 1.807) is 6.92 Å². The molecule has 0 bridgehead atoms. The molecule has 18 heavy (non-hydrogen) atoms. The van der Waals surface area contributed by atoms with Crippen molar-refractivity contribution in [2.24, 2.45) is 0 Å². The Morgan fingerprint density at radius 3 is 2.56 bits per heavy atom. The normalized spacial score (nSPS) is 10.3. The summed E-state index contributed by atoms with van der Waals surface area (Å²) in [6.45, 7) is 3.70. The van der Waals surface area contributed by atoms with Crippen molar-refractivity contribution in [2.75, 3.05) is 6.61 Å². The minimum atomic E-state index is -0.794. The average Bonchev–Trinajstić information content (AvgIpc) is 2.38. The molecule has 0 aliphatic rings. The summed E-state index contributed by atoms with van der Waals surface area (Å²) in [6.07, 6.45) is 0. The maximum atomic E-state index is 12.1. The van der Waals surface area contributed by atoms with Gasteiger partial charge in [0.2, 0.25) is 0 Å². The Morgan fingerprint density at radius 2 is 1.83 bits per heavy atom. The lowest BCUT2D eigenvalue weighted by atomic mass is 9.97. The quantitative estimate of drug-likeness (QED) is 0.472. The molecular weight excluding hydrogens is 228 g/mol. The lowest BCUT2D eigenvalue weighted by Gasteiger charge is -2.08. The molecule has 0 atom stereocenters. The molecule has 0 saturated heterocycles. The monoisotopic (exact) mass is 242 g/mol. The highest BCUT2D eigenvalue weighted by Gasteiger charge is 2.21. The molecule has 3 nitrogen and oxygen atoms in total. The lowest BCUT2D eigenvalue weighted by Crippen LogP contribution is -2.18. The standard InChI is InChI=1S/C15H14O3/c1-3-18-15(17)14(16)13-10(2)8-9-11-6-4-5-7-12(11)13/h4-9H,3H2,1-2H3. The Morgan fingerprint density at radius 1 is 1.11 bits per heavy atom. The zero-order valence-corrected chi connectivity index (χ0v) is 10.4. The molecule has 0 heterocycles. The Kier molecular flexibility index (Phi) is 3.42. The van der Waals surface area contributed by atoms with Crippen LogP contribution >= 0.6 is 0 Å². The summed E-state index contributed by atoms with van der Waals surface area (Å²) < 4.78 is 4.77. The molecule has 0 aliphatic carbocycles. The van der Waals surface area contributed by atoms with Crippen LogP contribution in [0.5, 0.6) is 0 Å². The van der Waals surface area contributed by atoms with Crippen molar-refractivity contribution in [1.82, 2.24) is 0 Å². The van der Waals surface area contributed by atoms with Gasteiger partial charge in [-0.2, -0.15) is 0 Å². The van der Waals surface area contributed by atoms with Crippen LogP contribution in [0.2, 0.25) is 0 Å². The number of rotatable bonds is 3. The number of carbonyl (C=O) groups is 2. The highest BCUT2D eigenvalue weighted by Crippen LogP contribution is 2.22. The van der Waals surface area contributed by atoms with Crippen LogP contribution < -0.4 is 0 Å². The SMILES string of the molecule is CCOC(=O)C(=O)c1c(C)ccc2ccccc12. The molecule has 0 amide bonds. The topological polar surface area (TPSA) is 43.4 Å². The molecule has 0 spiro atoms. The Labute approximate surface area is 105 Å². The van der Waals surface area contributed by atoms with Gasteiger partial charge in [0.05, 0.1) is 6.61 Å². The second-order valence-corrected chi connectivity index (χ2v) is 4.03. The van der Waals surface area contributed by atoms with Gasteiger partial charge in [0, 0.05) is 5.56 Å². The first-order valence-electron chi connectivity index (χ1n) is 5.85. The molecule has 0 saturated carbocycles. The summed E-state index contributed by atoms with van der Waals surface area (Å²) >= 11 is 0. The average molecular weight is 242 g/mol. The molecule has 92 valence electrons. The Bertz CT molecular complexity index is 614. The van der Waals surface area contributed by atoms with Crippen molar-refractivity contribution in [3.63, 3.8) is 0 Å². The van der Waals surface area contributed by atoms with Gasteiger partial charge in [0.15, 0.2) is 0 Å². The first kappa shape index (κ1) is 12.3. The second-order valence-electron chi connectivity index (χ2n) is 4.03. The van der Waals surface area contributed by atoms with Gasteiger partial charge in [0.1, 0.15) is 0 Å². The van der Waals surface area contributed by atoms with E-state index in [1.807, 2.05) is 43.3 Å². The zero-order valence-electron chi connectivity index (χ0n) is 10.4. The molecule has 3 heteroatoms. The fourth-order valence-corrected chi connectivity index (χ4v) is 1.98. The van der Waals surface area contributed by atoms with E-state index in [-0.39, 0.29) is 6.61 Å². The number of hydrogen-bond donors (Lipinski definition) is 0.